The maximum Gasteiger partial charge on any atom is 0.124 e. The minimum absolute atomic E-state index is 0.373. The fourth-order valence-corrected chi connectivity index (χ4v) is 7.18. The normalized spacial score (nSPS) is 22.3. The summed E-state index contributed by atoms with van der Waals surface area (Å²) in [4.78, 5) is 17.1. The van der Waals surface area contributed by atoms with Gasteiger partial charge < -0.3 is 20.6 Å². The van der Waals surface area contributed by atoms with Crippen LogP contribution in [0, 0.1) is 0 Å². The van der Waals surface area contributed by atoms with Gasteiger partial charge in [-0.1, -0.05) is 30.3 Å². The Labute approximate surface area is 217 Å². The molecule has 8 rings (SSSR count). The van der Waals surface area contributed by atoms with Gasteiger partial charge in [0.2, 0.25) is 0 Å². The molecule has 4 aromatic rings. The second kappa shape index (κ2) is 8.67. The molecule has 0 bridgehead atoms. The summed E-state index contributed by atoms with van der Waals surface area (Å²) in [6.07, 6.45) is 12.5. The summed E-state index contributed by atoms with van der Waals surface area (Å²) in [5.74, 6) is 2.21. The number of nitrogens with zero attached hydrogens (tertiary/aromatic N) is 2. The zero-order valence-corrected chi connectivity index (χ0v) is 21.3. The van der Waals surface area contributed by atoms with Crippen LogP contribution in [0.3, 0.4) is 0 Å². The molecule has 2 aromatic heterocycles. The van der Waals surface area contributed by atoms with Crippen molar-refractivity contribution in [2.45, 2.75) is 69.9 Å². The van der Waals surface area contributed by atoms with Crippen LogP contribution in [-0.4, -0.2) is 33.0 Å². The minimum Gasteiger partial charge on any atom is -0.341 e. The number of fused-ring (bicyclic) bond motifs is 4. The molecule has 2 fully saturated rings. The largest absolute Gasteiger partial charge is 0.341 e. The van der Waals surface area contributed by atoms with Gasteiger partial charge >= 0.3 is 0 Å². The van der Waals surface area contributed by atoms with Gasteiger partial charge in [-0.05, 0) is 98.7 Å². The first-order valence-corrected chi connectivity index (χ1v) is 14.2. The summed E-state index contributed by atoms with van der Waals surface area (Å²) in [6.45, 7) is 2.19. The van der Waals surface area contributed by atoms with Gasteiger partial charge in [0.1, 0.15) is 11.6 Å². The Kier molecular flexibility index (Phi) is 5.12. The van der Waals surface area contributed by atoms with E-state index in [1.54, 1.807) is 0 Å². The number of benzene rings is 2. The molecule has 4 N–H and O–H groups in total. The number of imidazole rings is 2. The van der Waals surface area contributed by atoms with Crippen molar-refractivity contribution < 1.29 is 0 Å². The molecule has 0 unspecified atom stereocenters. The lowest BCUT2D eigenvalue weighted by Gasteiger charge is -2.18. The zero-order chi connectivity index (χ0) is 24.3. The van der Waals surface area contributed by atoms with Crippen LogP contribution < -0.4 is 10.6 Å². The van der Waals surface area contributed by atoms with E-state index in [1.165, 1.54) is 82.4 Å². The Morgan fingerprint density at radius 3 is 2.27 bits per heavy atom. The quantitative estimate of drug-likeness (QED) is 0.301. The molecule has 2 saturated heterocycles. The maximum atomic E-state index is 4.99. The molecular formula is C31H34N6. The summed E-state index contributed by atoms with van der Waals surface area (Å²) < 4.78 is 0. The lowest BCUT2D eigenvalue weighted by Crippen LogP contribution is -2.14. The average molecular weight is 491 g/mol. The molecule has 4 heterocycles. The Morgan fingerprint density at radius 1 is 0.703 bits per heavy atom. The van der Waals surface area contributed by atoms with Crippen LogP contribution >= 0.6 is 0 Å². The van der Waals surface area contributed by atoms with Crippen LogP contribution in [0.25, 0.3) is 33.6 Å². The highest BCUT2D eigenvalue weighted by Crippen LogP contribution is 2.41. The molecular weight excluding hydrogens is 456 g/mol. The van der Waals surface area contributed by atoms with E-state index in [0.717, 1.165) is 56.1 Å². The van der Waals surface area contributed by atoms with Crippen molar-refractivity contribution >= 4 is 0 Å². The summed E-state index contributed by atoms with van der Waals surface area (Å²) in [5, 5.41) is 7.15. The number of aryl methyl sites for hydroxylation is 2. The van der Waals surface area contributed by atoms with Gasteiger partial charge in [0, 0.05) is 11.1 Å². The zero-order valence-electron chi connectivity index (χ0n) is 21.3. The third-order valence-electron chi connectivity index (χ3n) is 9.06. The molecule has 0 saturated carbocycles. The molecule has 2 atom stereocenters. The Bertz CT molecular complexity index is 1480. The molecule has 2 aromatic carbocycles. The maximum absolute atomic E-state index is 4.99. The van der Waals surface area contributed by atoms with Gasteiger partial charge in [0.15, 0.2) is 0 Å². The highest BCUT2D eigenvalue weighted by Gasteiger charge is 2.27. The van der Waals surface area contributed by atoms with E-state index in [0.29, 0.717) is 12.1 Å². The van der Waals surface area contributed by atoms with Crippen molar-refractivity contribution in [3.63, 3.8) is 0 Å². The smallest absolute Gasteiger partial charge is 0.124 e. The van der Waals surface area contributed by atoms with Crippen LogP contribution in [0.5, 0.6) is 0 Å². The second-order valence-corrected chi connectivity index (χ2v) is 11.3. The van der Waals surface area contributed by atoms with E-state index in [4.69, 9.17) is 9.97 Å². The van der Waals surface area contributed by atoms with Gasteiger partial charge in [-0.3, -0.25) is 0 Å². The van der Waals surface area contributed by atoms with Gasteiger partial charge in [-0.25, -0.2) is 9.97 Å². The molecule has 37 heavy (non-hydrogen) atoms. The fraction of sp³-hybridized carbons (Fsp3) is 0.419. The predicted molar refractivity (Wildman–Crippen MR) is 146 cm³/mol. The second-order valence-electron chi connectivity index (χ2n) is 11.3. The SMILES string of the molecule is c1cc2c(cc1-c1ccc(-c3cnc([C@@H]4CCCN4)[nH]3)c3c1CCC3)CCc1nc([C@@H]3CCCN3)[nH]c1-2. The van der Waals surface area contributed by atoms with E-state index < -0.39 is 0 Å². The number of rotatable bonds is 4. The Balaban J connectivity index is 1.13. The number of hydrogen-bond acceptors (Lipinski definition) is 4. The summed E-state index contributed by atoms with van der Waals surface area (Å²) >= 11 is 0. The van der Waals surface area contributed by atoms with E-state index >= 15 is 0 Å². The molecule has 2 aliphatic carbocycles. The lowest BCUT2D eigenvalue weighted by molar-refractivity contribution is 0.611. The number of nitrogens with one attached hydrogen (secondary N) is 4. The van der Waals surface area contributed by atoms with Gasteiger partial charge in [-0.15, -0.1) is 0 Å². The number of H-pyrrole nitrogens is 2. The highest BCUT2D eigenvalue weighted by atomic mass is 15.1. The fourth-order valence-electron chi connectivity index (χ4n) is 7.18. The average Bonchev–Trinajstić information content (AvgIpc) is 3.74. The standard InChI is InChI=1S/C31H34N6/c1-4-22-20(11-12-24(23(22)5-1)28-17-34-30(36-28)26-6-2-14-32-26)18-8-10-21-19(16-18)9-13-25-29(21)37-31(35-25)27-7-3-15-33-27/h8,10-12,16-17,26-27,32-33H,1-7,9,13-15H2,(H,34,36)(H,35,37)/t26-,27-/m0/s1. The topological polar surface area (TPSA) is 81.4 Å². The number of aromatic nitrogens is 4. The Hall–Kier alpha value is -3.22. The van der Waals surface area contributed by atoms with Crippen LogP contribution in [0.15, 0.2) is 36.5 Å². The summed E-state index contributed by atoms with van der Waals surface area (Å²) in [6, 6.07) is 12.5. The molecule has 6 nitrogen and oxygen atoms in total. The van der Waals surface area contributed by atoms with E-state index in [9.17, 15) is 0 Å². The number of hydrogen-bond donors (Lipinski definition) is 4. The molecule has 4 aliphatic rings. The summed E-state index contributed by atoms with van der Waals surface area (Å²) in [7, 11) is 0. The molecule has 188 valence electrons. The van der Waals surface area contributed by atoms with Crippen molar-refractivity contribution in [1.82, 2.24) is 30.6 Å². The lowest BCUT2D eigenvalue weighted by atomic mass is 9.87. The predicted octanol–water partition coefficient (Wildman–Crippen LogP) is 5.57. The third-order valence-corrected chi connectivity index (χ3v) is 9.06. The monoisotopic (exact) mass is 490 g/mol. The van der Waals surface area contributed by atoms with Gasteiger partial charge in [0.25, 0.3) is 0 Å². The van der Waals surface area contributed by atoms with E-state index in [1.807, 2.05) is 6.20 Å². The molecule has 0 radical (unpaired) electrons. The van der Waals surface area contributed by atoms with Crippen molar-refractivity contribution in [2.75, 3.05) is 13.1 Å². The number of aromatic amines is 2. The first-order chi connectivity index (χ1) is 18.3. The molecule has 0 amide bonds. The Morgan fingerprint density at radius 2 is 1.46 bits per heavy atom. The molecule has 2 aliphatic heterocycles. The highest BCUT2D eigenvalue weighted by molar-refractivity contribution is 5.80. The first-order valence-electron chi connectivity index (χ1n) is 14.2. The van der Waals surface area contributed by atoms with E-state index in [-0.39, 0.29) is 0 Å². The molecule has 0 spiro atoms. The van der Waals surface area contributed by atoms with Gasteiger partial charge in [-0.2, -0.15) is 0 Å². The van der Waals surface area contributed by atoms with Crippen molar-refractivity contribution in [2.24, 2.45) is 0 Å². The van der Waals surface area contributed by atoms with E-state index in [2.05, 4.69) is 50.9 Å². The van der Waals surface area contributed by atoms with Crippen molar-refractivity contribution in [1.29, 1.82) is 0 Å². The summed E-state index contributed by atoms with van der Waals surface area (Å²) in [5.41, 5.74) is 13.5. The van der Waals surface area contributed by atoms with Gasteiger partial charge in [0.05, 0.1) is 35.4 Å². The molecule has 6 heteroatoms. The van der Waals surface area contributed by atoms with Crippen LogP contribution in [0.2, 0.25) is 0 Å². The van der Waals surface area contributed by atoms with Crippen LogP contribution in [0.4, 0.5) is 0 Å². The minimum atomic E-state index is 0.373. The van der Waals surface area contributed by atoms with Crippen LogP contribution in [-0.2, 0) is 25.7 Å². The van der Waals surface area contributed by atoms with Crippen molar-refractivity contribution in [3.8, 4) is 33.6 Å². The van der Waals surface area contributed by atoms with Crippen LogP contribution in [0.1, 0.15) is 78.2 Å². The third kappa shape index (κ3) is 3.61. The van der Waals surface area contributed by atoms with Crippen molar-refractivity contribution in [3.05, 3.63) is 70.6 Å². The first kappa shape index (κ1) is 21.8.